The molecule has 0 aromatic heterocycles. The lowest BCUT2D eigenvalue weighted by atomic mass is 10.0. The third-order valence-corrected chi connectivity index (χ3v) is 4.51. The van der Waals surface area contributed by atoms with Gasteiger partial charge in [-0.05, 0) is 53.5 Å². The van der Waals surface area contributed by atoms with Gasteiger partial charge in [-0.1, -0.05) is 18.9 Å². The smallest absolute Gasteiger partial charge is 0.0821 e. The van der Waals surface area contributed by atoms with Gasteiger partial charge in [-0.25, -0.2) is 0 Å². The fraction of sp³-hybridized carbons (Fsp3) is 0.600. The second-order valence-corrected chi connectivity index (χ2v) is 6.46. The van der Waals surface area contributed by atoms with Crippen molar-refractivity contribution < 1.29 is 5.11 Å². The highest BCUT2D eigenvalue weighted by molar-refractivity contribution is 9.10. The largest absolute Gasteiger partial charge is 0.388 e. The first-order chi connectivity index (χ1) is 9.04. The first kappa shape index (κ1) is 14.8. The fourth-order valence-electron chi connectivity index (χ4n) is 2.89. The first-order valence-electron chi connectivity index (χ1n) is 6.91. The van der Waals surface area contributed by atoms with Crippen LogP contribution in [0, 0.1) is 0 Å². The summed E-state index contributed by atoms with van der Waals surface area (Å²) in [5.41, 5.74) is 1.89. The summed E-state index contributed by atoms with van der Waals surface area (Å²) in [6.07, 6.45) is 4.14. The summed E-state index contributed by atoms with van der Waals surface area (Å²) >= 11 is 3.63. The van der Waals surface area contributed by atoms with Crippen LogP contribution in [-0.4, -0.2) is 31.3 Å². The number of hydrogen-bond acceptors (Lipinski definition) is 3. The van der Waals surface area contributed by atoms with Crippen molar-refractivity contribution in [3.05, 3.63) is 28.2 Å². The van der Waals surface area contributed by atoms with Crippen molar-refractivity contribution in [1.29, 1.82) is 0 Å². The van der Waals surface area contributed by atoms with E-state index < -0.39 is 5.60 Å². The predicted octanol–water partition coefficient (Wildman–Crippen LogP) is 2.91. The summed E-state index contributed by atoms with van der Waals surface area (Å²) in [5.74, 6) is 0. The zero-order valence-corrected chi connectivity index (χ0v) is 13.3. The van der Waals surface area contributed by atoms with E-state index in [1.54, 1.807) is 0 Å². The van der Waals surface area contributed by atoms with E-state index in [4.69, 9.17) is 0 Å². The van der Waals surface area contributed by atoms with Crippen LogP contribution in [0.4, 0.5) is 5.69 Å². The Hall–Kier alpha value is -0.580. The number of rotatable bonds is 5. The molecular weight excluding hydrogens is 304 g/mol. The Kier molecular flexibility index (Phi) is 4.87. The molecule has 0 heterocycles. The van der Waals surface area contributed by atoms with Crippen molar-refractivity contribution in [2.24, 2.45) is 0 Å². The highest BCUT2D eigenvalue weighted by Gasteiger charge is 2.32. The monoisotopic (exact) mass is 326 g/mol. The molecule has 2 rings (SSSR count). The lowest BCUT2D eigenvalue weighted by molar-refractivity contribution is 0.0559. The van der Waals surface area contributed by atoms with Gasteiger partial charge in [0.05, 0.1) is 11.3 Å². The van der Waals surface area contributed by atoms with Crippen LogP contribution in [0.2, 0.25) is 0 Å². The number of anilines is 1. The maximum Gasteiger partial charge on any atom is 0.0821 e. The van der Waals surface area contributed by atoms with E-state index in [1.165, 1.54) is 5.56 Å². The molecule has 0 bridgehead atoms. The Morgan fingerprint density at radius 1 is 1.37 bits per heavy atom. The Balaban J connectivity index is 2.08. The summed E-state index contributed by atoms with van der Waals surface area (Å²) in [4.78, 5) is 2.15. The number of halogens is 1. The van der Waals surface area contributed by atoms with Gasteiger partial charge in [0.15, 0.2) is 0 Å². The van der Waals surface area contributed by atoms with Gasteiger partial charge >= 0.3 is 0 Å². The van der Waals surface area contributed by atoms with Crippen molar-refractivity contribution >= 4 is 21.6 Å². The number of aliphatic hydroxyl groups is 1. The molecular formula is C15H23BrN2O. The van der Waals surface area contributed by atoms with E-state index in [-0.39, 0.29) is 0 Å². The normalized spacial score (nSPS) is 17.7. The number of likely N-dealkylation sites (N-methyl/N-ethyl adjacent to an activating group) is 1. The van der Waals surface area contributed by atoms with Crippen LogP contribution in [0.5, 0.6) is 0 Å². The Morgan fingerprint density at radius 3 is 2.63 bits per heavy atom. The minimum Gasteiger partial charge on any atom is -0.388 e. The Morgan fingerprint density at radius 2 is 2.05 bits per heavy atom. The van der Waals surface area contributed by atoms with Gasteiger partial charge in [0, 0.05) is 24.6 Å². The van der Waals surface area contributed by atoms with E-state index >= 15 is 0 Å². The Bertz CT molecular complexity index is 430. The van der Waals surface area contributed by atoms with Gasteiger partial charge in [-0.15, -0.1) is 0 Å². The van der Waals surface area contributed by atoms with Crippen molar-refractivity contribution in [2.75, 3.05) is 25.5 Å². The molecule has 0 atom stereocenters. The zero-order valence-electron chi connectivity index (χ0n) is 11.7. The van der Waals surface area contributed by atoms with Gasteiger partial charge in [0.25, 0.3) is 0 Å². The molecule has 1 fully saturated rings. The molecule has 1 saturated carbocycles. The van der Waals surface area contributed by atoms with Crippen LogP contribution in [0.25, 0.3) is 0 Å². The second kappa shape index (κ2) is 6.25. The van der Waals surface area contributed by atoms with Crippen molar-refractivity contribution in [2.45, 2.75) is 37.8 Å². The number of hydrogen-bond donors (Lipinski definition) is 2. The molecule has 19 heavy (non-hydrogen) atoms. The maximum absolute atomic E-state index is 10.5. The third-order valence-electron chi connectivity index (χ3n) is 3.87. The summed E-state index contributed by atoms with van der Waals surface area (Å²) in [6, 6.07) is 6.39. The third kappa shape index (κ3) is 3.71. The van der Waals surface area contributed by atoms with E-state index in [2.05, 4.69) is 44.3 Å². The average Bonchev–Trinajstić information content (AvgIpc) is 2.76. The molecule has 2 N–H and O–H groups in total. The van der Waals surface area contributed by atoms with Gasteiger partial charge in [0.2, 0.25) is 0 Å². The van der Waals surface area contributed by atoms with E-state index in [1.807, 2.05) is 14.1 Å². The van der Waals surface area contributed by atoms with Crippen LogP contribution in [0.3, 0.4) is 0 Å². The van der Waals surface area contributed by atoms with Crippen LogP contribution in [0.1, 0.15) is 31.2 Å². The average molecular weight is 327 g/mol. The molecule has 0 aliphatic heterocycles. The van der Waals surface area contributed by atoms with Crippen molar-refractivity contribution in [3.63, 3.8) is 0 Å². The molecule has 4 heteroatoms. The Labute approximate surface area is 124 Å². The molecule has 1 aromatic rings. The molecule has 0 amide bonds. The van der Waals surface area contributed by atoms with Crippen LogP contribution in [0.15, 0.2) is 22.7 Å². The second-order valence-electron chi connectivity index (χ2n) is 5.60. The minimum atomic E-state index is -0.502. The van der Waals surface area contributed by atoms with Gasteiger partial charge < -0.3 is 15.3 Å². The number of benzene rings is 1. The number of nitrogens with zero attached hydrogens (tertiary/aromatic N) is 1. The summed E-state index contributed by atoms with van der Waals surface area (Å²) in [6.45, 7) is 1.57. The minimum absolute atomic E-state index is 0.502. The van der Waals surface area contributed by atoms with Gasteiger partial charge in [-0.2, -0.15) is 0 Å². The van der Waals surface area contributed by atoms with Crippen molar-refractivity contribution in [1.82, 2.24) is 5.32 Å². The maximum atomic E-state index is 10.5. The van der Waals surface area contributed by atoms with Crippen molar-refractivity contribution in [3.8, 4) is 0 Å². The first-order valence-corrected chi connectivity index (χ1v) is 7.70. The van der Waals surface area contributed by atoms with E-state index in [0.717, 1.165) is 42.4 Å². The summed E-state index contributed by atoms with van der Waals surface area (Å²) in [5, 5.41) is 13.6. The van der Waals surface area contributed by atoms with Crippen LogP contribution < -0.4 is 10.2 Å². The molecule has 106 valence electrons. The van der Waals surface area contributed by atoms with Gasteiger partial charge in [-0.3, -0.25) is 0 Å². The summed E-state index contributed by atoms with van der Waals surface area (Å²) in [7, 11) is 4.00. The summed E-state index contributed by atoms with van der Waals surface area (Å²) < 4.78 is 1.09. The molecule has 0 unspecified atom stereocenters. The highest BCUT2D eigenvalue weighted by atomic mass is 79.9. The molecule has 0 saturated heterocycles. The molecule has 0 spiro atoms. The highest BCUT2D eigenvalue weighted by Crippen LogP contribution is 2.33. The lowest BCUT2D eigenvalue weighted by Crippen LogP contribution is -2.39. The van der Waals surface area contributed by atoms with Crippen LogP contribution in [-0.2, 0) is 6.54 Å². The quantitative estimate of drug-likeness (QED) is 0.873. The molecule has 1 aliphatic carbocycles. The van der Waals surface area contributed by atoms with E-state index in [0.29, 0.717) is 6.54 Å². The topological polar surface area (TPSA) is 35.5 Å². The van der Waals surface area contributed by atoms with Crippen LogP contribution >= 0.6 is 15.9 Å². The lowest BCUT2D eigenvalue weighted by Gasteiger charge is -2.30. The SMILES string of the molecule is CNCc1ccc(N(C)CC2(O)CCCC2)c(Br)c1. The molecule has 0 radical (unpaired) electrons. The fourth-order valence-corrected chi connectivity index (χ4v) is 3.62. The molecule has 1 aliphatic rings. The molecule has 1 aromatic carbocycles. The van der Waals surface area contributed by atoms with Gasteiger partial charge in [0.1, 0.15) is 0 Å². The molecule has 3 nitrogen and oxygen atoms in total. The van der Waals surface area contributed by atoms with E-state index in [9.17, 15) is 5.11 Å². The zero-order chi connectivity index (χ0) is 13.9. The number of nitrogens with one attached hydrogen (secondary N) is 1. The predicted molar refractivity (Wildman–Crippen MR) is 83.6 cm³/mol. The standard InChI is InChI=1S/C15H23BrN2O/c1-17-10-12-5-6-14(13(16)9-12)18(2)11-15(19)7-3-4-8-15/h5-6,9,17,19H,3-4,7-8,10-11H2,1-2H3.